The van der Waals surface area contributed by atoms with Gasteiger partial charge in [-0.2, -0.15) is 0 Å². The predicted molar refractivity (Wildman–Crippen MR) is 84.4 cm³/mol. The Balaban J connectivity index is 2.09. The third-order valence-corrected chi connectivity index (χ3v) is 4.38. The summed E-state index contributed by atoms with van der Waals surface area (Å²) in [4.78, 5) is 14.8. The number of ether oxygens (including phenoxy) is 1. The van der Waals surface area contributed by atoms with E-state index in [1.165, 1.54) is 24.3 Å². The zero-order valence-electron chi connectivity index (χ0n) is 13.6. The average Bonchev–Trinajstić information content (AvgIpc) is 2.90. The highest BCUT2D eigenvalue weighted by atomic mass is 19.1. The second-order valence-electron chi connectivity index (χ2n) is 6.30. The lowest BCUT2D eigenvalue weighted by molar-refractivity contribution is 0.0860. The highest BCUT2D eigenvalue weighted by molar-refractivity contribution is 5.94. The van der Waals surface area contributed by atoms with E-state index in [-0.39, 0.29) is 17.3 Å². The fourth-order valence-electron chi connectivity index (χ4n) is 2.93. The van der Waals surface area contributed by atoms with E-state index in [1.54, 1.807) is 7.11 Å². The van der Waals surface area contributed by atoms with Gasteiger partial charge in [0.1, 0.15) is 5.82 Å². The van der Waals surface area contributed by atoms with E-state index in [0.29, 0.717) is 18.2 Å². The molecule has 1 aliphatic rings. The molecule has 1 amide bonds. The Morgan fingerprint density at radius 2 is 2.09 bits per heavy atom. The van der Waals surface area contributed by atoms with Crippen molar-refractivity contribution in [3.05, 3.63) is 35.6 Å². The zero-order chi connectivity index (χ0) is 16.2. The maximum atomic E-state index is 13.0. The zero-order valence-corrected chi connectivity index (χ0v) is 13.6. The number of likely N-dealkylation sites (tertiary alicyclic amines) is 1. The fourth-order valence-corrected chi connectivity index (χ4v) is 2.93. The Bertz CT molecular complexity index is 504. The van der Waals surface area contributed by atoms with Crippen LogP contribution >= 0.6 is 0 Å². The summed E-state index contributed by atoms with van der Waals surface area (Å²) in [6.07, 6.45) is 1.68. The van der Waals surface area contributed by atoms with Gasteiger partial charge in [-0.3, -0.25) is 9.69 Å². The molecule has 1 unspecified atom stereocenters. The van der Waals surface area contributed by atoms with Gasteiger partial charge >= 0.3 is 0 Å². The van der Waals surface area contributed by atoms with Gasteiger partial charge in [0.25, 0.3) is 5.91 Å². The van der Waals surface area contributed by atoms with Crippen molar-refractivity contribution in [2.24, 2.45) is 0 Å². The van der Waals surface area contributed by atoms with E-state index in [4.69, 9.17) is 4.74 Å². The van der Waals surface area contributed by atoms with Crippen LogP contribution in [0.1, 0.15) is 37.0 Å². The van der Waals surface area contributed by atoms with Crippen LogP contribution in [0.4, 0.5) is 4.39 Å². The molecule has 122 valence electrons. The molecule has 4 nitrogen and oxygen atoms in total. The summed E-state index contributed by atoms with van der Waals surface area (Å²) in [5, 5.41) is 3.16. The fraction of sp³-hybridized carbons (Fsp3) is 0.588. The summed E-state index contributed by atoms with van der Waals surface area (Å²) in [5.41, 5.74) is 0.215. The van der Waals surface area contributed by atoms with Crippen LogP contribution in [0.5, 0.6) is 0 Å². The lowest BCUT2D eigenvalue weighted by atomic mass is 9.93. The van der Waals surface area contributed by atoms with Gasteiger partial charge in [0.15, 0.2) is 0 Å². The summed E-state index contributed by atoms with van der Waals surface area (Å²) in [7, 11) is 1.67. The van der Waals surface area contributed by atoms with Gasteiger partial charge in [0, 0.05) is 38.4 Å². The first-order valence-corrected chi connectivity index (χ1v) is 7.77. The largest absolute Gasteiger partial charge is 0.385 e. The van der Waals surface area contributed by atoms with E-state index in [9.17, 15) is 9.18 Å². The number of carbonyl (C=O) groups excluding carboxylic acids is 1. The van der Waals surface area contributed by atoms with E-state index in [0.717, 1.165) is 25.9 Å². The van der Waals surface area contributed by atoms with Crippen molar-refractivity contribution in [1.29, 1.82) is 0 Å². The summed E-state index contributed by atoms with van der Waals surface area (Å²) in [6.45, 7) is 6.71. The number of hydrogen-bond acceptors (Lipinski definition) is 3. The molecule has 1 N–H and O–H groups in total. The highest BCUT2D eigenvalue weighted by Crippen LogP contribution is 2.27. The van der Waals surface area contributed by atoms with Gasteiger partial charge in [0.05, 0.1) is 5.54 Å². The Labute approximate surface area is 131 Å². The maximum absolute atomic E-state index is 13.0. The van der Waals surface area contributed by atoms with Crippen LogP contribution in [-0.2, 0) is 4.74 Å². The minimum atomic E-state index is -0.336. The standard InChI is InChI=1S/C17H25FN2O2/c1-13(2)20-10-8-17(12-20,9-11-22-3)19-16(21)14-4-6-15(18)7-5-14/h4-7,13H,8-12H2,1-3H3,(H,19,21). The molecule has 5 heteroatoms. The number of carbonyl (C=O) groups is 1. The molecule has 1 aromatic carbocycles. The lowest BCUT2D eigenvalue weighted by Crippen LogP contribution is -2.51. The third-order valence-electron chi connectivity index (χ3n) is 4.38. The van der Waals surface area contributed by atoms with Gasteiger partial charge in [-0.25, -0.2) is 4.39 Å². The first-order valence-electron chi connectivity index (χ1n) is 7.77. The molecule has 1 aliphatic heterocycles. The molecule has 1 aromatic rings. The van der Waals surface area contributed by atoms with Gasteiger partial charge in [-0.15, -0.1) is 0 Å². The minimum absolute atomic E-state index is 0.151. The smallest absolute Gasteiger partial charge is 0.251 e. The van der Waals surface area contributed by atoms with Crippen molar-refractivity contribution in [3.8, 4) is 0 Å². The third kappa shape index (κ3) is 4.05. The number of benzene rings is 1. The molecule has 0 saturated carbocycles. The second-order valence-corrected chi connectivity index (χ2v) is 6.30. The van der Waals surface area contributed by atoms with Crippen molar-refractivity contribution >= 4 is 5.91 Å². The Hall–Kier alpha value is -1.46. The van der Waals surface area contributed by atoms with Crippen molar-refractivity contribution in [2.75, 3.05) is 26.8 Å². The second kappa shape index (κ2) is 7.20. The van der Waals surface area contributed by atoms with Gasteiger partial charge in [-0.1, -0.05) is 0 Å². The van der Waals surface area contributed by atoms with Crippen molar-refractivity contribution in [1.82, 2.24) is 10.2 Å². The Morgan fingerprint density at radius 3 is 2.64 bits per heavy atom. The topological polar surface area (TPSA) is 41.6 Å². The number of nitrogens with one attached hydrogen (secondary N) is 1. The van der Waals surface area contributed by atoms with E-state index in [1.807, 2.05) is 0 Å². The minimum Gasteiger partial charge on any atom is -0.385 e. The molecule has 0 bridgehead atoms. The number of halogens is 1. The van der Waals surface area contributed by atoms with Gasteiger partial charge in [-0.05, 0) is 51.0 Å². The van der Waals surface area contributed by atoms with Crippen LogP contribution in [0.2, 0.25) is 0 Å². The van der Waals surface area contributed by atoms with Crippen LogP contribution in [0, 0.1) is 5.82 Å². The van der Waals surface area contributed by atoms with Crippen LogP contribution in [0.25, 0.3) is 0 Å². The average molecular weight is 308 g/mol. The SMILES string of the molecule is COCCC1(NC(=O)c2ccc(F)cc2)CCN(C(C)C)C1. The van der Waals surface area contributed by atoms with E-state index < -0.39 is 0 Å². The first kappa shape index (κ1) is 16.9. The van der Waals surface area contributed by atoms with Gasteiger partial charge < -0.3 is 10.1 Å². The molecular weight excluding hydrogens is 283 g/mol. The Kier molecular flexibility index (Phi) is 5.53. The van der Waals surface area contributed by atoms with Crippen LogP contribution in [-0.4, -0.2) is 49.2 Å². The summed E-state index contributed by atoms with van der Waals surface area (Å²) in [6, 6.07) is 6.11. The van der Waals surface area contributed by atoms with E-state index >= 15 is 0 Å². The molecule has 1 fully saturated rings. The van der Waals surface area contributed by atoms with Crippen LogP contribution in [0.3, 0.4) is 0 Å². The molecule has 1 saturated heterocycles. The normalized spacial score (nSPS) is 22.2. The first-order chi connectivity index (χ1) is 10.5. The number of methoxy groups -OCH3 is 1. The molecule has 22 heavy (non-hydrogen) atoms. The van der Waals surface area contributed by atoms with Crippen molar-refractivity contribution < 1.29 is 13.9 Å². The van der Waals surface area contributed by atoms with Crippen LogP contribution < -0.4 is 5.32 Å². The molecule has 0 aliphatic carbocycles. The molecule has 1 atom stereocenters. The number of rotatable bonds is 6. The number of hydrogen-bond donors (Lipinski definition) is 1. The maximum Gasteiger partial charge on any atom is 0.251 e. The van der Waals surface area contributed by atoms with Gasteiger partial charge in [0.2, 0.25) is 0 Å². The number of nitrogens with zero attached hydrogens (tertiary/aromatic N) is 1. The molecular formula is C17H25FN2O2. The lowest BCUT2D eigenvalue weighted by Gasteiger charge is -2.31. The highest BCUT2D eigenvalue weighted by Gasteiger charge is 2.39. The summed E-state index contributed by atoms with van der Waals surface area (Å²) < 4.78 is 18.2. The molecule has 0 spiro atoms. The predicted octanol–water partition coefficient (Wildman–Crippen LogP) is 2.44. The van der Waals surface area contributed by atoms with Crippen LogP contribution in [0.15, 0.2) is 24.3 Å². The quantitative estimate of drug-likeness (QED) is 0.877. The number of amides is 1. The van der Waals surface area contributed by atoms with Crippen molar-refractivity contribution in [2.45, 2.75) is 38.3 Å². The molecule has 1 heterocycles. The summed E-state index contributed by atoms with van der Waals surface area (Å²) >= 11 is 0. The molecule has 0 radical (unpaired) electrons. The molecule has 2 rings (SSSR count). The monoisotopic (exact) mass is 308 g/mol. The Morgan fingerprint density at radius 1 is 1.41 bits per heavy atom. The van der Waals surface area contributed by atoms with Crippen molar-refractivity contribution in [3.63, 3.8) is 0 Å². The van der Waals surface area contributed by atoms with E-state index in [2.05, 4.69) is 24.1 Å². The molecule has 0 aromatic heterocycles. The summed E-state index contributed by atoms with van der Waals surface area (Å²) in [5.74, 6) is -0.487.